The number of unbranched alkanes of at least 4 members (excludes halogenated alkanes) is 9. The second-order valence-corrected chi connectivity index (χ2v) is 7.29. The monoisotopic (exact) mass is 327 g/mol. The molecular formula is C20H41NO2. The highest BCUT2D eigenvalue weighted by Crippen LogP contribution is 2.15. The first-order chi connectivity index (χ1) is 11.0. The summed E-state index contributed by atoms with van der Waals surface area (Å²) in [7, 11) is 0. The second kappa shape index (κ2) is 15.0. The Labute approximate surface area is 144 Å². The average Bonchev–Trinajstić information content (AvgIpc) is 2.50. The van der Waals surface area contributed by atoms with Gasteiger partial charge in [-0.3, -0.25) is 9.69 Å². The van der Waals surface area contributed by atoms with E-state index in [0.29, 0.717) is 5.92 Å². The maximum absolute atomic E-state index is 11.5. The molecule has 0 aliphatic rings. The molecule has 0 amide bonds. The molecular weight excluding hydrogens is 286 g/mol. The summed E-state index contributed by atoms with van der Waals surface area (Å²) in [5.74, 6) is -0.231. The van der Waals surface area contributed by atoms with Crippen molar-refractivity contribution in [2.24, 2.45) is 5.92 Å². The van der Waals surface area contributed by atoms with Gasteiger partial charge < -0.3 is 5.11 Å². The third-order valence-electron chi connectivity index (χ3n) is 4.63. The molecule has 0 radical (unpaired) electrons. The SMILES string of the molecule is CCCCCCCCCCCCN(CC)C(CC(C)C)C(=O)O. The molecule has 3 nitrogen and oxygen atoms in total. The van der Waals surface area contributed by atoms with Crippen LogP contribution in [0.15, 0.2) is 0 Å². The van der Waals surface area contributed by atoms with Crippen LogP contribution in [0.5, 0.6) is 0 Å². The Morgan fingerprint density at radius 1 is 0.870 bits per heavy atom. The van der Waals surface area contributed by atoms with Crippen LogP contribution in [0.3, 0.4) is 0 Å². The van der Waals surface area contributed by atoms with E-state index in [1.165, 1.54) is 57.8 Å². The fourth-order valence-corrected chi connectivity index (χ4v) is 3.19. The van der Waals surface area contributed by atoms with Crippen molar-refractivity contribution in [2.75, 3.05) is 13.1 Å². The van der Waals surface area contributed by atoms with Gasteiger partial charge in [0.05, 0.1) is 0 Å². The summed E-state index contributed by atoms with van der Waals surface area (Å²) < 4.78 is 0. The third-order valence-corrected chi connectivity index (χ3v) is 4.63. The average molecular weight is 328 g/mol. The molecule has 0 aliphatic carbocycles. The molecule has 0 spiro atoms. The van der Waals surface area contributed by atoms with Gasteiger partial charge in [-0.1, -0.05) is 85.5 Å². The van der Waals surface area contributed by atoms with Crippen LogP contribution >= 0.6 is 0 Å². The molecule has 0 aliphatic heterocycles. The molecule has 0 rings (SSSR count). The number of likely N-dealkylation sites (N-methyl/N-ethyl adjacent to an activating group) is 1. The van der Waals surface area contributed by atoms with E-state index in [1.54, 1.807) is 0 Å². The lowest BCUT2D eigenvalue weighted by Crippen LogP contribution is -2.42. The normalized spacial score (nSPS) is 13.0. The molecule has 0 heterocycles. The zero-order chi connectivity index (χ0) is 17.5. The fraction of sp³-hybridized carbons (Fsp3) is 0.950. The van der Waals surface area contributed by atoms with Gasteiger partial charge in [-0.2, -0.15) is 0 Å². The highest BCUT2D eigenvalue weighted by atomic mass is 16.4. The summed E-state index contributed by atoms with van der Waals surface area (Å²) in [6, 6.07) is -0.307. The lowest BCUT2D eigenvalue weighted by molar-refractivity contribution is -0.144. The van der Waals surface area contributed by atoms with E-state index in [9.17, 15) is 9.90 Å². The van der Waals surface area contributed by atoms with Crippen LogP contribution in [0.1, 0.15) is 98.3 Å². The minimum Gasteiger partial charge on any atom is -0.480 e. The maximum atomic E-state index is 11.5. The number of hydrogen-bond donors (Lipinski definition) is 1. The third kappa shape index (κ3) is 12.5. The number of carboxylic acids is 1. The van der Waals surface area contributed by atoms with Crippen LogP contribution in [-0.4, -0.2) is 35.1 Å². The van der Waals surface area contributed by atoms with Crippen molar-refractivity contribution in [1.82, 2.24) is 4.90 Å². The van der Waals surface area contributed by atoms with Gasteiger partial charge in [0.15, 0.2) is 0 Å². The Bertz CT molecular complexity index is 279. The summed E-state index contributed by atoms with van der Waals surface area (Å²) in [5, 5.41) is 9.44. The first kappa shape index (κ1) is 22.4. The van der Waals surface area contributed by atoms with Crippen LogP contribution in [0.4, 0.5) is 0 Å². The van der Waals surface area contributed by atoms with Crippen LogP contribution in [0, 0.1) is 5.92 Å². The van der Waals surface area contributed by atoms with E-state index in [-0.39, 0.29) is 6.04 Å². The molecule has 3 heteroatoms. The molecule has 0 aromatic heterocycles. The van der Waals surface area contributed by atoms with Gasteiger partial charge in [0.2, 0.25) is 0 Å². The van der Waals surface area contributed by atoms with Crippen molar-refractivity contribution in [2.45, 2.75) is 104 Å². The van der Waals surface area contributed by atoms with Gasteiger partial charge in [-0.05, 0) is 31.8 Å². The summed E-state index contributed by atoms with van der Waals surface area (Å²) >= 11 is 0. The standard InChI is InChI=1S/C20H41NO2/c1-5-7-8-9-10-11-12-13-14-15-16-21(6-2)19(20(22)23)17-18(3)4/h18-19H,5-17H2,1-4H3,(H,22,23). The largest absolute Gasteiger partial charge is 0.480 e. The first-order valence-corrected chi connectivity index (χ1v) is 9.99. The molecule has 0 saturated carbocycles. The smallest absolute Gasteiger partial charge is 0.320 e. The molecule has 0 aromatic carbocycles. The van der Waals surface area contributed by atoms with Crippen molar-refractivity contribution in [3.05, 3.63) is 0 Å². The molecule has 1 atom stereocenters. The lowest BCUT2D eigenvalue weighted by Gasteiger charge is -2.28. The number of carbonyl (C=O) groups is 1. The van der Waals surface area contributed by atoms with E-state index in [4.69, 9.17) is 0 Å². The Hall–Kier alpha value is -0.570. The highest BCUT2D eigenvalue weighted by Gasteiger charge is 2.24. The van der Waals surface area contributed by atoms with E-state index in [0.717, 1.165) is 25.9 Å². The molecule has 0 fully saturated rings. The quantitative estimate of drug-likeness (QED) is 0.368. The summed E-state index contributed by atoms with van der Waals surface area (Å²) in [4.78, 5) is 13.6. The zero-order valence-electron chi connectivity index (χ0n) is 16.1. The van der Waals surface area contributed by atoms with Crippen LogP contribution in [0.25, 0.3) is 0 Å². The van der Waals surface area contributed by atoms with Gasteiger partial charge in [0, 0.05) is 0 Å². The van der Waals surface area contributed by atoms with Gasteiger partial charge in [-0.15, -0.1) is 0 Å². The molecule has 0 saturated heterocycles. The number of carboxylic acid groups (broad SMARTS) is 1. The van der Waals surface area contributed by atoms with Crippen molar-refractivity contribution in [3.8, 4) is 0 Å². The summed E-state index contributed by atoms with van der Waals surface area (Å²) in [6.07, 6.45) is 14.0. The Balaban J connectivity index is 3.76. The number of hydrogen-bond acceptors (Lipinski definition) is 2. The van der Waals surface area contributed by atoms with Crippen molar-refractivity contribution in [3.63, 3.8) is 0 Å². The predicted octanol–water partition coefficient (Wildman–Crippen LogP) is 5.73. The zero-order valence-corrected chi connectivity index (χ0v) is 16.1. The summed E-state index contributed by atoms with van der Waals surface area (Å²) in [6.45, 7) is 10.3. The molecule has 0 aromatic rings. The van der Waals surface area contributed by atoms with Gasteiger partial charge in [0.1, 0.15) is 6.04 Å². The van der Waals surface area contributed by atoms with Crippen LogP contribution in [-0.2, 0) is 4.79 Å². The Morgan fingerprint density at radius 3 is 1.74 bits per heavy atom. The number of rotatable bonds is 16. The lowest BCUT2D eigenvalue weighted by atomic mass is 10.0. The fourth-order valence-electron chi connectivity index (χ4n) is 3.19. The van der Waals surface area contributed by atoms with Gasteiger partial charge in [0.25, 0.3) is 0 Å². The predicted molar refractivity (Wildman–Crippen MR) is 100.0 cm³/mol. The first-order valence-electron chi connectivity index (χ1n) is 9.99. The Morgan fingerprint density at radius 2 is 1.35 bits per heavy atom. The summed E-state index contributed by atoms with van der Waals surface area (Å²) in [5.41, 5.74) is 0. The van der Waals surface area contributed by atoms with Crippen molar-refractivity contribution in [1.29, 1.82) is 0 Å². The topological polar surface area (TPSA) is 40.5 Å². The number of aliphatic carboxylic acids is 1. The van der Waals surface area contributed by atoms with Crippen LogP contribution in [0.2, 0.25) is 0 Å². The van der Waals surface area contributed by atoms with Crippen molar-refractivity contribution < 1.29 is 9.90 Å². The molecule has 23 heavy (non-hydrogen) atoms. The maximum Gasteiger partial charge on any atom is 0.320 e. The van der Waals surface area contributed by atoms with Gasteiger partial charge in [-0.25, -0.2) is 0 Å². The Kier molecular flexibility index (Phi) is 14.6. The molecule has 138 valence electrons. The highest BCUT2D eigenvalue weighted by molar-refractivity contribution is 5.73. The number of nitrogens with zero attached hydrogens (tertiary/aromatic N) is 1. The molecule has 1 N–H and O–H groups in total. The van der Waals surface area contributed by atoms with Crippen LogP contribution < -0.4 is 0 Å². The minimum absolute atomic E-state index is 0.307. The molecule has 0 bridgehead atoms. The second-order valence-electron chi connectivity index (χ2n) is 7.29. The van der Waals surface area contributed by atoms with E-state index >= 15 is 0 Å². The van der Waals surface area contributed by atoms with Crippen molar-refractivity contribution >= 4 is 5.97 Å². The molecule has 1 unspecified atom stereocenters. The van der Waals surface area contributed by atoms with Gasteiger partial charge >= 0.3 is 5.97 Å². The minimum atomic E-state index is -0.660. The van der Waals surface area contributed by atoms with E-state index < -0.39 is 5.97 Å². The van der Waals surface area contributed by atoms with E-state index in [1.807, 2.05) is 0 Å². The van der Waals surface area contributed by atoms with E-state index in [2.05, 4.69) is 32.6 Å².